The number of fused-ring (bicyclic) bond motifs is 1. The van der Waals surface area contributed by atoms with E-state index in [1.54, 1.807) is 12.4 Å². The molecule has 0 spiro atoms. The third kappa shape index (κ3) is 4.06. The van der Waals surface area contributed by atoms with Gasteiger partial charge in [0.15, 0.2) is 22.8 Å². The van der Waals surface area contributed by atoms with Gasteiger partial charge in [0, 0.05) is 12.2 Å². The van der Waals surface area contributed by atoms with E-state index in [1.807, 2.05) is 41.0 Å². The summed E-state index contributed by atoms with van der Waals surface area (Å²) in [6.07, 6.45) is 6.30. The van der Waals surface area contributed by atoms with Crippen LogP contribution in [0.3, 0.4) is 0 Å². The predicted octanol–water partition coefficient (Wildman–Crippen LogP) is 5.49. The van der Waals surface area contributed by atoms with Crippen molar-refractivity contribution in [3.05, 3.63) is 38.7 Å². The van der Waals surface area contributed by atoms with E-state index >= 15 is 0 Å². The standard InChI is InChI=1S/C20H22ClFIN5O2/c1-3-29-18-12(8-13(21)15(22)16(18)23)11(2)27-19-17-20(25-9-24-19)28(10-26-17)14-6-4-5-7-30-14/h8-11,14H,3-7H2,1-2H3,(H,24,25,27). The highest BCUT2D eigenvalue weighted by Crippen LogP contribution is 2.38. The highest BCUT2D eigenvalue weighted by molar-refractivity contribution is 14.1. The van der Waals surface area contributed by atoms with Crippen molar-refractivity contribution >= 4 is 51.2 Å². The Labute approximate surface area is 192 Å². The van der Waals surface area contributed by atoms with Gasteiger partial charge in [0.25, 0.3) is 0 Å². The Morgan fingerprint density at radius 2 is 2.23 bits per heavy atom. The van der Waals surface area contributed by atoms with Gasteiger partial charge in [-0.1, -0.05) is 11.6 Å². The Kier molecular flexibility index (Phi) is 6.59. The van der Waals surface area contributed by atoms with E-state index in [-0.39, 0.29) is 17.3 Å². The number of nitrogens with zero attached hydrogens (tertiary/aromatic N) is 4. The number of hydrogen-bond donors (Lipinski definition) is 1. The highest BCUT2D eigenvalue weighted by Gasteiger charge is 2.23. The van der Waals surface area contributed by atoms with Crippen LogP contribution in [0.4, 0.5) is 10.2 Å². The number of nitrogens with one attached hydrogen (secondary N) is 1. The van der Waals surface area contributed by atoms with Crippen molar-refractivity contribution < 1.29 is 13.9 Å². The quantitative estimate of drug-likeness (QED) is 0.326. The maximum atomic E-state index is 14.3. The molecule has 0 aliphatic carbocycles. The molecule has 1 N–H and O–H groups in total. The molecule has 0 radical (unpaired) electrons. The maximum Gasteiger partial charge on any atom is 0.167 e. The lowest BCUT2D eigenvalue weighted by Crippen LogP contribution is -2.17. The minimum absolute atomic E-state index is 0.0538. The minimum Gasteiger partial charge on any atom is -0.492 e. The Morgan fingerprint density at radius 3 is 2.97 bits per heavy atom. The van der Waals surface area contributed by atoms with Gasteiger partial charge in [0.1, 0.15) is 18.3 Å². The van der Waals surface area contributed by atoms with Crippen LogP contribution in [0, 0.1) is 9.39 Å². The zero-order valence-electron chi connectivity index (χ0n) is 16.7. The summed E-state index contributed by atoms with van der Waals surface area (Å²) in [6.45, 7) is 4.96. The molecular formula is C20H22ClFIN5O2. The van der Waals surface area contributed by atoms with Gasteiger partial charge >= 0.3 is 0 Å². The lowest BCUT2D eigenvalue weighted by atomic mass is 10.1. The minimum atomic E-state index is -0.479. The van der Waals surface area contributed by atoms with Gasteiger partial charge in [-0.25, -0.2) is 19.3 Å². The third-order valence-electron chi connectivity index (χ3n) is 5.08. The zero-order chi connectivity index (χ0) is 21.3. The van der Waals surface area contributed by atoms with Crippen molar-refractivity contribution in [1.29, 1.82) is 0 Å². The van der Waals surface area contributed by atoms with Gasteiger partial charge in [-0.3, -0.25) is 4.57 Å². The van der Waals surface area contributed by atoms with Gasteiger partial charge in [-0.05, 0) is 61.8 Å². The number of imidazole rings is 1. The van der Waals surface area contributed by atoms with E-state index in [4.69, 9.17) is 21.1 Å². The van der Waals surface area contributed by atoms with Crippen LogP contribution in [0.2, 0.25) is 5.02 Å². The fourth-order valence-electron chi connectivity index (χ4n) is 3.60. The molecule has 3 heterocycles. The molecular weight excluding hydrogens is 524 g/mol. The molecule has 0 amide bonds. The second-order valence-electron chi connectivity index (χ2n) is 7.07. The van der Waals surface area contributed by atoms with Crippen LogP contribution < -0.4 is 10.1 Å². The lowest BCUT2D eigenvalue weighted by molar-refractivity contribution is -0.0298. The topological polar surface area (TPSA) is 74.1 Å². The van der Waals surface area contributed by atoms with Crippen molar-refractivity contribution in [3.63, 3.8) is 0 Å². The molecule has 2 aromatic heterocycles. The second-order valence-corrected chi connectivity index (χ2v) is 8.56. The summed E-state index contributed by atoms with van der Waals surface area (Å²) in [6, 6.07) is 1.33. The van der Waals surface area contributed by atoms with E-state index < -0.39 is 5.82 Å². The summed E-state index contributed by atoms with van der Waals surface area (Å²) in [5.74, 6) is 0.582. The number of hydrogen-bond acceptors (Lipinski definition) is 6. The van der Waals surface area contributed by atoms with E-state index in [9.17, 15) is 4.39 Å². The average Bonchev–Trinajstić information content (AvgIpc) is 3.20. The number of aromatic nitrogens is 4. The van der Waals surface area contributed by atoms with Crippen LogP contribution in [0.15, 0.2) is 18.7 Å². The molecule has 10 heteroatoms. The number of rotatable bonds is 6. The Bertz CT molecular complexity index is 1060. The van der Waals surface area contributed by atoms with Crippen molar-refractivity contribution in [2.45, 2.75) is 45.4 Å². The summed E-state index contributed by atoms with van der Waals surface area (Å²) < 4.78 is 28.2. The summed E-state index contributed by atoms with van der Waals surface area (Å²) in [5, 5.41) is 3.41. The molecule has 4 rings (SSSR count). The number of ether oxygens (including phenoxy) is 2. The normalized spacial score (nSPS) is 17.8. The van der Waals surface area contributed by atoms with Gasteiger partial charge in [0.2, 0.25) is 0 Å². The second kappa shape index (κ2) is 9.19. The first-order valence-corrected chi connectivity index (χ1v) is 11.3. The highest BCUT2D eigenvalue weighted by atomic mass is 127. The van der Waals surface area contributed by atoms with Crippen molar-refractivity contribution in [1.82, 2.24) is 19.5 Å². The van der Waals surface area contributed by atoms with Crippen molar-refractivity contribution in [2.24, 2.45) is 0 Å². The molecule has 1 aliphatic rings. The third-order valence-corrected chi connectivity index (χ3v) is 6.32. The smallest absolute Gasteiger partial charge is 0.167 e. The summed E-state index contributed by atoms with van der Waals surface area (Å²) in [4.78, 5) is 13.3. The molecule has 1 fully saturated rings. The molecule has 1 aliphatic heterocycles. The van der Waals surface area contributed by atoms with Gasteiger partial charge < -0.3 is 14.8 Å². The molecule has 2 unspecified atom stereocenters. The van der Waals surface area contributed by atoms with Crippen molar-refractivity contribution in [3.8, 4) is 5.75 Å². The van der Waals surface area contributed by atoms with Crippen LogP contribution in [0.25, 0.3) is 11.2 Å². The predicted molar refractivity (Wildman–Crippen MR) is 121 cm³/mol. The van der Waals surface area contributed by atoms with Crippen LogP contribution in [-0.4, -0.2) is 32.7 Å². The molecule has 1 aromatic carbocycles. The molecule has 2 atom stereocenters. The van der Waals surface area contributed by atoms with Crippen molar-refractivity contribution in [2.75, 3.05) is 18.5 Å². The van der Waals surface area contributed by atoms with Gasteiger partial charge in [-0.15, -0.1) is 0 Å². The summed E-state index contributed by atoms with van der Waals surface area (Å²) in [5.41, 5.74) is 2.11. The largest absolute Gasteiger partial charge is 0.492 e. The Hall–Kier alpha value is -1.72. The lowest BCUT2D eigenvalue weighted by Gasteiger charge is -2.24. The maximum absolute atomic E-state index is 14.3. The first kappa shape index (κ1) is 21.5. The SMILES string of the molecule is CCOc1c(C(C)Nc2ncnc3c2ncn3C2CCCCO2)cc(Cl)c(F)c1I. The fourth-order valence-corrected chi connectivity index (χ4v) is 4.73. The molecule has 30 heavy (non-hydrogen) atoms. The van der Waals surface area contributed by atoms with Crippen LogP contribution >= 0.6 is 34.2 Å². The van der Waals surface area contributed by atoms with Gasteiger partial charge in [0.05, 0.1) is 27.6 Å². The Morgan fingerprint density at radius 1 is 1.40 bits per heavy atom. The summed E-state index contributed by atoms with van der Waals surface area (Å²) >= 11 is 8.02. The monoisotopic (exact) mass is 545 g/mol. The first-order chi connectivity index (χ1) is 14.5. The molecule has 0 bridgehead atoms. The number of halogens is 3. The zero-order valence-corrected chi connectivity index (χ0v) is 19.6. The molecule has 7 nitrogen and oxygen atoms in total. The van der Waals surface area contributed by atoms with E-state index in [0.29, 0.717) is 32.9 Å². The van der Waals surface area contributed by atoms with Gasteiger partial charge in [-0.2, -0.15) is 0 Å². The van der Waals surface area contributed by atoms with Crippen LogP contribution in [0.5, 0.6) is 5.75 Å². The summed E-state index contributed by atoms with van der Waals surface area (Å²) in [7, 11) is 0. The average molecular weight is 546 g/mol. The van der Waals surface area contributed by atoms with Crippen LogP contribution in [0.1, 0.15) is 50.9 Å². The molecule has 3 aromatic rings. The van der Waals surface area contributed by atoms with E-state index in [2.05, 4.69) is 20.3 Å². The van der Waals surface area contributed by atoms with E-state index in [1.165, 1.54) is 6.33 Å². The first-order valence-electron chi connectivity index (χ1n) is 9.87. The van der Waals surface area contributed by atoms with E-state index in [0.717, 1.165) is 31.4 Å². The molecule has 0 saturated carbocycles. The van der Waals surface area contributed by atoms with Crippen LogP contribution in [-0.2, 0) is 4.74 Å². The fraction of sp³-hybridized carbons (Fsp3) is 0.450. The molecule has 160 valence electrons. The number of benzene rings is 1. The Balaban J connectivity index is 1.67. The molecule has 1 saturated heterocycles. The number of anilines is 1.